The van der Waals surface area contributed by atoms with Gasteiger partial charge in [0.1, 0.15) is 13.1 Å². The first-order valence-corrected chi connectivity index (χ1v) is 6.10. The van der Waals surface area contributed by atoms with Gasteiger partial charge in [0.2, 0.25) is 5.91 Å². The van der Waals surface area contributed by atoms with Crippen LogP contribution in [0.3, 0.4) is 0 Å². The van der Waals surface area contributed by atoms with E-state index in [2.05, 4.69) is 5.32 Å². The van der Waals surface area contributed by atoms with Crippen LogP contribution in [-0.2, 0) is 17.9 Å². The van der Waals surface area contributed by atoms with Crippen molar-refractivity contribution in [1.82, 2.24) is 15.2 Å². The van der Waals surface area contributed by atoms with Crippen LogP contribution in [0.25, 0.3) is 0 Å². The summed E-state index contributed by atoms with van der Waals surface area (Å²) in [5, 5.41) is 5.03. The number of halogens is 3. The average molecular weight is 277 g/mol. The molecule has 7 heteroatoms. The van der Waals surface area contributed by atoms with Crippen LogP contribution >= 0.6 is 0 Å². The molecule has 1 aromatic rings. The molecule has 0 bridgehead atoms. The third kappa shape index (κ3) is 6.28. The van der Waals surface area contributed by atoms with Crippen molar-refractivity contribution >= 4 is 5.91 Å². The predicted molar refractivity (Wildman–Crippen MR) is 65.5 cm³/mol. The number of aromatic nitrogens is 1. The molecule has 0 saturated carbocycles. The van der Waals surface area contributed by atoms with E-state index < -0.39 is 18.6 Å². The molecule has 0 aliphatic rings. The zero-order valence-electron chi connectivity index (χ0n) is 10.8. The van der Waals surface area contributed by atoms with Gasteiger partial charge in [-0.1, -0.05) is 6.92 Å². The third-order valence-electron chi connectivity index (χ3n) is 2.46. The lowest BCUT2D eigenvalue weighted by Crippen LogP contribution is -2.36. The topological polar surface area (TPSA) is 46.1 Å². The SMILES string of the molecule is CCCNCc1cccn1CC(=O)NCC(F)(F)F. The van der Waals surface area contributed by atoms with E-state index in [-0.39, 0.29) is 6.54 Å². The molecule has 0 radical (unpaired) electrons. The van der Waals surface area contributed by atoms with E-state index in [4.69, 9.17) is 0 Å². The van der Waals surface area contributed by atoms with Crippen LogP contribution in [0.15, 0.2) is 18.3 Å². The van der Waals surface area contributed by atoms with E-state index in [0.29, 0.717) is 6.54 Å². The first-order chi connectivity index (χ1) is 8.92. The monoisotopic (exact) mass is 277 g/mol. The third-order valence-corrected chi connectivity index (χ3v) is 2.46. The van der Waals surface area contributed by atoms with Crippen LogP contribution in [0.5, 0.6) is 0 Å². The van der Waals surface area contributed by atoms with Gasteiger partial charge in [0.25, 0.3) is 0 Å². The molecule has 1 heterocycles. The zero-order chi connectivity index (χ0) is 14.3. The summed E-state index contributed by atoms with van der Waals surface area (Å²) in [5.74, 6) is -0.648. The fourth-order valence-corrected chi connectivity index (χ4v) is 1.57. The van der Waals surface area contributed by atoms with Crippen LogP contribution in [0, 0.1) is 0 Å². The fraction of sp³-hybridized carbons (Fsp3) is 0.583. The lowest BCUT2D eigenvalue weighted by atomic mass is 10.4. The van der Waals surface area contributed by atoms with Gasteiger partial charge in [-0.15, -0.1) is 0 Å². The molecule has 0 aliphatic carbocycles. The Labute approximate surface area is 110 Å². The van der Waals surface area contributed by atoms with E-state index in [1.165, 1.54) is 0 Å². The maximum absolute atomic E-state index is 11.9. The number of amides is 1. The lowest BCUT2D eigenvalue weighted by Gasteiger charge is -2.11. The fourth-order valence-electron chi connectivity index (χ4n) is 1.57. The molecule has 0 saturated heterocycles. The Hall–Kier alpha value is -1.50. The molecule has 1 aromatic heterocycles. The molecular formula is C12H18F3N3O. The maximum Gasteiger partial charge on any atom is 0.405 e. The Balaban J connectivity index is 2.43. The summed E-state index contributed by atoms with van der Waals surface area (Å²) >= 11 is 0. The molecule has 0 aliphatic heterocycles. The molecule has 108 valence electrons. The minimum absolute atomic E-state index is 0.105. The number of alkyl halides is 3. The Bertz CT molecular complexity index is 401. The summed E-state index contributed by atoms with van der Waals surface area (Å²) in [6.07, 6.45) is -1.71. The van der Waals surface area contributed by atoms with Gasteiger partial charge in [0.15, 0.2) is 0 Å². The molecule has 1 rings (SSSR count). The molecular weight excluding hydrogens is 259 g/mol. The van der Waals surface area contributed by atoms with Crippen LogP contribution in [0.1, 0.15) is 19.0 Å². The molecule has 0 fully saturated rings. The standard InChI is InChI=1S/C12H18F3N3O/c1-2-5-16-7-10-4-3-6-18(10)8-11(19)17-9-12(13,14)15/h3-4,6,16H,2,5,7-9H2,1H3,(H,17,19). The smallest absolute Gasteiger partial charge is 0.345 e. The highest BCUT2D eigenvalue weighted by Gasteiger charge is 2.27. The summed E-state index contributed by atoms with van der Waals surface area (Å²) in [4.78, 5) is 11.4. The van der Waals surface area contributed by atoms with Crippen molar-refractivity contribution in [2.45, 2.75) is 32.6 Å². The van der Waals surface area contributed by atoms with E-state index in [0.717, 1.165) is 18.7 Å². The Morgan fingerprint density at radius 1 is 1.42 bits per heavy atom. The van der Waals surface area contributed by atoms with Gasteiger partial charge in [-0.2, -0.15) is 13.2 Å². The maximum atomic E-state index is 11.9. The predicted octanol–water partition coefficient (Wildman–Crippen LogP) is 1.67. The van der Waals surface area contributed by atoms with Crippen molar-refractivity contribution in [2.24, 2.45) is 0 Å². The number of hydrogen-bond acceptors (Lipinski definition) is 2. The first kappa shape index (κ1) is 15.6. The molecule has 0 aromatic carbocycles. The van der Waals surface area contributed by atoms with Gasteiger partial charge in [-0.25, -0.2) is 0 Å². The van der Waals surface area contributed by atoms with E-state index in [9.17, 15) is 18.0 Å². The van der Waals surface area contributed by atoms with Crippen molar-refractivity contribution in [3.05, 3.63) is 24.0 Å². The van der Waals surface area contributed by atoms with Crippen molar-refractivity contribution < 1.29 is 18.0 Å². The summed E-state index contributed by atoms with van der Waals surface area (Å²) in [5.41, 5.74) is 0.871. The van der Waals surface area contributed by atoms with E-state index in [1.807, 2.05) is 18.3 Å². The van der Waals surface area contributed by atoms with E-state index in [1.54, 1.807) is 16.8 Å². The summed E-state index contributed by atoms with van der Waals surface area (Å²) in [7, 11) is 0. The zero-order valence-corrected chi connectivity index (χ0v) is 10.8. The molecule has 4 nitrogen and oxygen atoms in total. The Morgan fingerprint density at radius 3 is 2.79 bits per heavy atom. The highest BCUT2D eigenvalue weighted by molar-refractivity contribution is 5.75. The molecule has 0 spiro atoms. The summed E-state index contributed by atoms with van der Waals surface area (Å²) in [6.45, 7) is 2.08. The highest BCUT2D eigenvalue weighted by Crippen LogP contribution is 2.12. The number of rotatable bonds is 7. The van der Waals surface area contributed by atoms with Gasteiger partial charge >= 0.3 is 6.18 Å². The van der Waals surface area contributed by atoms with Crippen LogP contribution in [0.4, 0.5) is 13.2 Å². The van der Waals surface area contributed by atoms with E-state index >= 15 is 0 Å². The minimum atomic E-state index is -4.38. The van der Waals surface area contributed by atoms with Gasteiger partial charge in [-0.3, -0.25) is 4.79 Å². The van der Waals surface area contributed by atoms with Crippen molar-refractivity contribution in [3.8, 4) is 0 Å². The second kappa shape index (κ2) is 7.18. The van der Waals surface area contributed by atoms with Gasteiger partial charge < -0.3 is 15.2 Å². The van der Waals surface area contributed by atoms with Gasteiger partial charge in [0.05, 0.1) is 0 Å². The molecule has 0 unspecified atom stereocenters. The lowest BCUT2D eigenvalue weighted by molar-refractivity contribution is -0.138. The van der Waals surface area contributed by atoms with Crippen LogP contribution in [-0.4, -0.2) is 29.7 Å². The van der Waals surface area contributed by atoms with Crippen molar-refractivity contribution in [1.29, 1.82) is 0 Å². The number of carbonyl (C=O) groups is 1. The number of nitrogens with one attached hydrogen (secondary N) is 2. The number of carbonyl (C=O) groups excluding carboxylic acids is 1. The second-order valence-electron chi connectivity index (χ2n) is 4.20. The molecule has 2 N–H and O–H groups in total. The quantitative estimate of drug-likeness (QED) is 0.745. The normalized spacial score (nSPS) is 11.6. The highest BCUT2D eigenvalue weighted by atomic mass is 19.4. The average Bonchev–Trinajstić information content (AvgIpc) is 2.74. The van der Waals surface area contributed by atoms with Crippen molar-refractivity contribution in [2.75, 3.05) is 13.1 Å². The largest absolute Gasteiger partial charge is 0.405 e. The Kier molecular flexibility index (Phi) is 5.88. The summed E-state index contributed by atoms with van der Waals surface area (Å²) < 4.78 is 37.5. The molecule has 1 amide bonds. The minimum Gasteiger partial charge on any atom is -0.345 e. The Morgan fingerprint density at radius 2 is 2.16 bits per heavy atom. The van der Waals surface area contributed by atoms with Crippen molar-refractivity contribution in [3.63, 3.8) is 0 Å². The second-order valence-corrected chi connectivity index (χ2v) is 4.20. The number of hydrogen-bond donors (Lipinski definition) is 2. The first-order valence-electron chi connectivity index (χ1n) is 6.10. The van der Waals surface area contributed by atoms with Crippen LogP contribution < -0.4 is 10.6 Å². The molecule has 19 heavy (non-hydrogen) atoms. The number of nitrogens with zero attached hydrogens (tertiary/aromatic N) is 1. The van der Waals surface area contributed by atoms with Crippen LogP contribution in [0.2, 0.25) is 0 Å². The summed E-state index contributed by atoms with van der Waals surface area (Å²) in [6, 6.07) is 3.60. The molecule has 0 atom stereocenters. The van der Waals surface area contributed by atoms with Gasteiger partial charge in [-0.05, 0) is 25.1 Å². The van der Waals surface area contributed by atoms with Gasteiger partial charge in [0, 0.05) is 18.4 Å².